The number of hydrogen-bond acceptors (Lipinski definition) is 5. The Labute approximate surface area is 181 Å². The number of halogens is 1. The van der Waals surface area contributed by atoms with Crippen LogP contribution in [-0.4, -0.2) is 43.8 Å². The zero-order valence-corrected chi connectivity index (χ0v) is 18.8. The van der Waals surface area contributed by atoms with Gasteiger partial charge in [-0.15, -0.1) is 24.0 Å². The Bertz CT molecular complexity index is 832. The fourth-order valence-corrected chi connectivity index (χ4v) is 3.15. The molecule has 9 heteroatoms. The number of benzene rings is 1. The number of ether oxygens (including phenoxy) is 1. The van der Waals surface area contributed by atoms with E-state index in [-0.39, 0.29) is 35.9 Å². The van der Waals surface area contributed by atoms with E-state index in [9.17, 15) is 4.79 Å². The number of nitrogens with one attached hydrogen (secondary N) is 2. The number of aryl methyl sites for hydroxylation is 2. The standard InChI is InChI=1S/C19H25N5O3.HI/c1-12-17(13(2)27-23-12)10-21-19(20-3)22-14-8-18(25)24(11-14)15-6-5-7-16(9-15)26-4;/h5-7,9,14H,8,10-11H2,1-4H3,(H2,20,21,22);1H. The highest BCUT2D eigenvalue weighted by molar-refractivity contribution is 14.0. The number of hydrogen-bond donors (Lipinski definition) is 2. The number of methoxy groups -OCH3 is 1. The minimum Gasteiger partial charge on any atom is -0.497 e. The molecule has 1 aromatic heterocycles. The Kier molecular flexibility index (Phi) is 7.67. The monoisotopic (exact) mass is 499 g/mol. The van der Waals surface area contributed by atoms with Crippen molar-refractivity contribution < 1.29 is 14.1 Å². The molecule has 8 nitrogen and oxygen atoms in total. The first-order valence-corrected chi connectivity index (χ1v) is 8.85. The van der Waals surface area contributed by atoms with E-state index in [2.05, 4.69) is 20.8 Å². The number of amides is 1. The molecule has 0 saturated carbocycles. The Balaban J connectivity index is 0.00000280. The molecule has 3 rings (SSSR count). The molecule has 28 heavy (non-hydrogen) atoms. The smallest absolute Gasteiger partial charge is 0.229 e. The zero-order valence-electron chi connectivity index (χ0n) is 16.5. The second-order valence-corrected chi connectivity index (χ2v) is 6.48. The van der Waals surface area contributed by atoms with Gasteiger partial charge in [0.25, 0.3) is 0 Å². The van der Waals surface area contributed by atoms with Crippen LogP contribution in [0.15, 0.2) is 33.8 Å². The average Bonchev–Trinajstić information content (AvgIpc) is 3.20. The average molecular weight is 499 g/mol. The summed E-state index contributed by atoms with van der Waals surface area (Å²) in [7, 11) is 3.32. The Hall–Kier alpha value is -2.30. The molecular formula is C19H26IN5O3. The van der Waals surface area contributed by atoms with E-state index in [0.29, 0.717) is 25.5 Å². The lowest BCUT2D eigenvalue weighted by atomic mass is 10.2. The van der Waals surface area contributed by atoms with Crippen molar-refractivity contribution in [1.29, 1.82) is 0 Å². The largest absolute Gasteiger partial charge is 0.497 e. The van der Waals surface area contributed by atoms with Crippen molar-refractivity contribution in [1.82, 2.24) is 15.8 Å². The number of aromatic nitrogens is 1. The molecule has 152 valence electrons. The normalized spacial score (nSPS) is 16.7. The number of carbonyl (C=O) groups excluding carboxylic acids is 1. The van der Waals surface area contributed by atoms with E-state index in [0.717, 1.165) is 28.5 Å². The van der Waals surface area contributed by atoms with Crippen molar-refractivity contribution in [3.8, 4) is 5.75 Å². The van der Waals surface area contributed by atoms with Gasteiger partial charge in [-0.2, -0.15) is 0 Å². The van der Waals surface area contributed by atoms with Gasteiger partial charge in [0.05, 0.1) is 18.8 Å². The minimum absolute atomic E-state index is 0. The van der Waals surface area contributed by atoms with Crippen LogP contribution >= 0.6 is 24.0 Å². The van der Waals surface area contributed by atoms with E-state index in [1.807, 2.05) is 38.1 Å². The van der Waals surface area contributed by atoms with Crippen LogP contribution in [-0.2, 0) is 11.3 Å². The Morgan fingerprint density at radius 2 is 2.21 bits per heavy atom. The van der Waals surface area contributed by atoms with Crippen molar-refractivity contribution in [3.63, 3.8) is 0 Å². The molecule has 1 aliphatic rings. The van der Waals surface area contributed by atoms with Gasteiger partial charge in [0.15, 0.2) is 5.96 Å². The second-order valence-electron chi connectivity index (χ2n) is 6.48. The highest BCUT2D eigenvalue weighted by atomic mass is 127. The van der Waals surface area contributed by atoms with Crippen molar-refractivity contribution in [2.75, 3.05) is 25.6 Å². The van der Waals surface area contributed by atoms with Crippen molar-refractivity contribution in [2.24, 2.45) is 4.99 Å². The minimum atomic E-state index is -0.0282. The molecule has 1 aromatic carbocycles. The van der Waals surface area contributed by atoms with Crippen LogP contribution in [0, 0.1) is 13.8 Å². The van der Waals surface area contributed by atoms with E-state index in [1.54, 1.807) is 19.1 Å². The molecule has 0 aliphatic carbocycles. The van der Waals surface area contributed by atoms with Gasteiger partial charge in [0.2, 0.25) is 5.91 Å². The summed E-state index contributed by atoms with van der Waals surface area (Å²) >= 11 is 0. The first-order valence-electron chi connectivity index (χ1n) is 8.85. The summed E-state index contributed by atoms with van der Waals surface area (Å²) < 4.78 is 10.4. The number of carbonyl (C=O) groups is 1. The zero-order chi connectivity index (χ0) is 19.4. The van der Waals surface area contributed by atoms with Crippen LogP contribution in [0.3, 0.4) is 0 Å². The summed E-state index contributed by atoms with van der Waals surface area (Å²) in [5, 5.41) is 10.5. The third kappa shape index (κ3) is 4.94. The van der Waals surface area contributed by atoms with E-state index in [1.165, 1.54) is 0 Å². The predicted octanol–water partition coefficient (Wildman–Crippen LogP) is 2.39. The fraction of sp³-hybridized carbons (Fsp3) is 0.421. The topological polar surface area (TPSA) is 92.0 Å². The van der Waals surface area contributed by atoms with Gasteiger partial charge in [-0.3, -0.25) is 9.79 Å². The molecule has 2 aromatic rings. The van der Waals surface area contributed by atoms with Crippen molar-refractivity contribution in [3.05, 3.63) is 41.3 Å². The van der Waals surface area contributed by atoms with Gasteiger partial charge in [-0.25, -0.2) is 0 Å². The third-order valence-electron chi connectivity index (χ3n) is 4.67. The fourth-order valence-electron chi connectivity index (χ4n) is 3.15. The summed E-state index contributed by atoms with van der Waals surface area (Å²) in [6.07, 6.45) is 0.406. The van der Waals surface area contributed by atoms with Gasteiger partial charge in [0, 0.05) is 43.9 Å². The number of nitrogens with zero attached hydrogens (tertiary/aromatic N) is 3. The van der Waals surface area contributed by atoms with Gasteiger partial charge in [-0.05, 0) is 26.0 Å². The van der Waals surface area contributed by atoms with Crippen LogP contribution in [0.25, 0.3) is 0 Å². The van der Waals surface area contributed by atoms with Crippen LogP contribution in [0.5, 0.6) is 5.75 Å². The molecule has 0 bridgehead atoms. The Morgan fingerprint density at radius 1 is 1.43 bits per heavy atom. The lowest BCUT2D eigenvalue weighted by Crippen LogP contribution is -2.44. The molecule has 2 heterocycles. The number of rotatable bonds is 5. The van der Waals surface area contributed by atoms with Crippen LogP contribution < -0.4 is 20.3 Å². The number of guanidine groups is 1. The maximum atomic E-state index is 12.5. The van der Waals surface area contributed by atoms with Crippen LogP contribution in [0.2, 0.25) is 0 Å². The first-order chi connectivity index (χ1) is 13.0. The SMILES string of the molecule is CN=C(NCc1c(C)noc1C)NC1CC(=O)N(c2cccc(OC)c2)C1.I. The molecule has 1 unspecified atom stereocenters. The van der Waals surface area contributed by atoms with E-state index in [4.69, 9.17) is 9.26 Å². The number of anilines is 1. The molecule has 0 spiro atoms. The second kappa shape index (κ2) is 9.76. The van der Waals surface area contributed by atoms with Crippen molar-refractivity contribution >= 4 is 41.5 Å². The highest BCUT2D eigenvalue weighted by Gasteiger charge is 2.31. The van der Waals surface area contributed by atoms with E-state index < -0.39 is 0 Å². The van der Waals surface area contributed by atoms with Crippen molar-refractivity contribution in [2.45, 2.75) is 32.9 Å². The van der Waals surface area contributed by atoms with Gasteiger partial charge in [0.1, 0.15) is 11.5 Å². The molecular weight excluding hydrogens is 473 g/mol. The van der Waals surface area contributed by atoms with Crippen LogP contribution in [0.1, 0.15) is 23.4 Å². The molecule has 1 aliphatic heterocycles. The summed E-state index contributed by atoms with van der Waals surface area (Å²) in [5.74, 6) is 2.23. The maximum Gasteiger partial charge on any atom is 0.229 e. The molecule has 1 fully saturated rings. The first kappa shape index (κ1) is 22.0. The Morgan fingerprint density at radius 3 is 2.86 bits per heavy atom. The predicted molar refractivity (Wildman–Crippen MR) is 118 cm³/mol. The molecule has 1 saturated heterocycles. The summed E-state index contributed by atoms with van der Waals surface area (Å²) in [6, 6.07) is 7.49. The van der Waals surface area contributed by atoms with Crippen LogP contribution in [0.4, 0.5) is 5.69 Å². The lowest BCUT2D eigenvalue weighted by Gasteiger charge is -2.19. The van der Waals surface area contributed by atoms with Gasteiger partial charge >= 0.3 is 0 Å². The molecule has 1 atom stereocenters. The van der Waals surface area contributed by atoms with E-state index >= 15 is 0 Å². The maximum absolute atomic E-state index is 12.5. The quantitative estimate of drug-likeness (QED) is 0.373. The summed E-state index contributed by atoms with van der Waals surface area (Å²) in [6.45, 7) is 4.92. The van der Waals surface area contributed by atoms with Gasteiger partial charge < -0.3 is 24.8 Å². The summed E-state index contributed by atoms with van der Waals surface area (Å²) in [5.41, 5.74) is 2.71. The summed E-state index contributed by atoms with van der Waals surface area (Å²) in [4.78, 5) is 18.5. The molecule has 1 amide bonds. The molecule has 2 N–H and O–H groups in total. The molecule has 0 radical (unpaired) electrons. The third-order valence-corrected chi connectivity index (χ3v) is 4.67. The lowest BCUT2D eigenvalue weighted by molar-refractivity contribution is -0.117. The van der Waals surface area contributed by atoms with Gasteiger partial charge in [-0.1, -0.05) is 11.2 Å². The highest BCUT2D eigenvalue weighted by Crippen LogP contribution is 2.25. The number of aliphatic imine (C=N–C) groups is 1.